The number of hydrogen-bond acceptors (Lipinski definition) is 6. The topological polar surface area (TPSA) is 76.1 Å². The summed E-state index contributed by atoms with van der Waals surface area (Å²) in [6, 6.07) is 1.26. The van der Waals surface area contributed by atoms with Crippen molar-refractivity contribution in [3.63, 3.8) is 0 Å². The standard InChI is InChI=1S/C9H6Cl2N2O3S3/c1-4(14)5-3-17-9(12-5)13-19(15,16)6-2-7(10)18-8(6)11/h2-3H,1H3,(H,12,13). The van der Waals surface area contributed by atoms with Crippen LogP contribution in [0, 0.1) is 0 Å². The highest BCUT2D eigenvalue weighted by atomic mass is 35.5. The molecule has 2 heterocycles. The number of ketones is 1. The van der Waals surface area contributed by atoms with E-state index in [1.54, 1.807) is 0 Å². The molecule has 10 heteroatoms. The van der Waals surface area contributed by atoms with Crippen LogP contribution >= 0.6 is 45.9 Å². The highest BCUT2D eigenvalue weighted by Gasteiger charge is 2.22. The van der Waals surface area contributed by atoms with Crippen LogP contribution in [0.3, 0.4) is 0 Å². The van der Waals surface area contributed by atoms with Gasteiger partial charge in [-0.15, -0.1) is 22.7 Å². The summed E-state index contributed by atoms with van der Waals surface area (Å²) in [7, 11) is -3.85. The van der Waals surface area contributed by atoms with Crippen LogP contribution in [0.25, 0.3) is 0 Å². The van der Waals surface area contributed by atoms with Crippen LogP contribution in [0.4, 0.5) is 5.13 Å². The van der Waals surface area contributed by atoms with Crippen molar-refractivity contribution in [2.45, 2.75) is 11.8 Å². The average molecular weight is 357 g/mol. The highest BCUT2D eigenvalue weighted by molar-refractivity contribution is 7.93. The maximum absolute atomic E-state index is 12.0. The maximum Gasteiger partial charge on any atom is 0.266 e. The average Bonchev–Trinajstić information content (AvgIpc) is 2.85. The number of rotatable bonds is 4. The summed E-state index contributed by atoms with van der Waals surface area (Å²) in [6.07, 6.45) is 0. The zero-order valence-electron chi connectivity index (χ0n) is 9.31. The number of halogens is 2. The second-order valence-corrected chi connectivity index (χ2v) is 8.18. The lowest BCUT2D eigenvalue weighted by Crippen LogP contribution is -2.12. The lowest BCUT2D eigenvalue weighted by Gasteiger charge is -2.02. The first-order valence-corrected chi connectivity index (χ1v) is 8.67. The number of anilines is 1. The van der Waals surface area contributed by atoms with E-state index in [0.29, 0.717) is 0 Å². The van der Waals surface area contributed by atoms with Crippen LogP contribution in [0.15, 0.2) is 16.3 Å². The molecule has 0 atom stereocenters. The Bertz CT molecular complexity index is 736. The summed E-state index contributed by atoms with van der Waals surface area (Å²) in [5, 5.41) is 1.58. The van der Waals surface area contributed by atoms with Crippen LogP contribution in [-0.4, -0.2) is 19.2 Å². The van der Waals surface area contributed by atoms with Gasteiger partial charge in [-0.2, -0.15) is 0 Å². The van der Waals surface area contributed by atoms with E-state index >= 15 is 0 Å². The Hall–Kier alpha value is -0.670. The smallest absolute Gasteiger partial charge is 0.266 e. The van der Waals surface area contributed by atoms with Crippen molar-refractivity contribution in [1.82, 2.24) is 4.98 Å². The molecule has 0 saturated heterocycles. The van der Waals surface area contributed by atoms with Gasteiger partial charge in [0, 0.05) is 12.3 Å². The van der Waals surface area contributed by atoms with Gasteiger partial charge in [-0.25, -0.2) is 13.4 Å². The van der Waals surface area contributed by atoms with E-state index in [2.05, 4.69) is 9.71 Å². The van der Waals surface area contributed by atoms with Gasteiger partial charge in [-0.3, -0.25) is 9.52 Å². The number of nitrogens with zero attached hydrogens (tertiary/aromatic N) is 1. The fourth-order valence-electron chi connectivity index (χ4n) is 1.16. The zero-order valence-corrected chi connectivity index (χ0v) is 13.3. The number of sulfonamides is 1. The lowest BCUT2D eigenvalue weighted by atomic mass is 10.4. The summed E-state index contributed by atoms with van der Waals surface area (Å²) >= 11 is 13.5. The highest BCUT2D eigenvalue weighted by Crippen LogP contribution is 2.35. The Balaban J connectivity index is 2.31. The van der Waals surface area contributed by atoms with E-state index in [9.17, 15) is 13.2 Å². The van der Waals surface area contributed by atoms with E-state index in [0.717, 1.165) is 22.7 Å². The third-order valence-electron chi connectivity index (χ3n) is 2.00. The molecule has 0 bridgehead atoms. The van der Waals surface area contributed by atoms with E-state index in [1.807, 2.05) is 0 Å². The number of nitrogens with one attached hydrogen (secondary N) is 1. The summed E-state index contributed by atoms with van der Waals surface area (Å²) in [5.74, 6) is -0.238. The molecule has 19 heavy (non-hydrogen) atoms. The molecule has 2 aromatic rings. The Labute approximate surface area is 127 Å². The molecule has 0 saturated carbocycles. The van der Waals surface area contributed by atoms with Crippen LogP contribution in [0.2, 0.25) is 8.67 Å². The maximum atomic E-state index is 12.0. The predicted molar refractivity (Wildman–Crippen MR) is 77.3 cm³/mol. The zero-order chi connectivity index (χ0) is 14.2. The van der Waals surface area contributed by atoms with E-state index < -0.39 is 10.0 Å². The molecule has 1 N–H and O–H groups in total. The van der Waals surface area contributed by atoms with Crippen molar-refractivity contribution in [3.8, 4) is 0 Å². The Morgan fingerprint density at radius 1 is 1.42 bits per heavy atom. The quantitative estimate of drug-likeness (QED) is 0.850. The van der Waals surface area contributed by atoms with Gasteiger partial charge in [0.15, 0.2) is 10.9 Å². The van der Waals surface area contributed by atoms with Crippen molar-refractivity contribution in [2.24, 2.45) is 0 Å². The van der Waals surface area contributed by atoms with Gasteiger partial charge in [-0.05, 0) is 6.07 Å². The molecule has 0 fully saturated rings. The summed E-state index contributed by atoms with van der Waals surface area (Å²) in [6.45, 7) is 1.35. The number of hydrogen-bond donors (Lipinski definition) is 1. The predicted octanol–water partition coefficient (Wildman–Crippen LogP) is 3.51. The van der Waals surface area contributed by atoms with Gasteiger partial charge in [0.2, 0.25) is 0 Å². The van der Waals surface area contributed by atoms with Crippen LogP contribution in [-0.2, 0) is 10.0 Å². The van der Waals surface area contributed by atoms with Gasteiger partial charge >= 0.3 is 0 Å². The normalized spacial score (nSPS) is 11.5. The molecule has 0 unspecified atom stereocenters. The third kappa shape index (κ3) is 3.26. The minimum absolute atomic E-state index is 0.0702. The van der Waals surface area contributed by atoms with Gasteiger partial charge < -0.3 is 0 Å². The molecule has 2 aromatic heterocycles. The molecule has 0 spiro atoms. The largest absolute Gasteiger partial charge is 0.293 e. The number of aromatic nitrogens is 1. The molecule has 0 aliphatic rings. The molecule has 0 amide bonds. The third-order valence-corrected chi connectivity index (χ3v) is 5.98. The molecule has 0 aliphatic heterocycles. The lowest BCUT2D eigenvalue weighted by molar-refractivity contribution is 0.101. The van der Waals surface area contributed by atoms with Crippen molar-refractivity contribution >= 4 is 66.8 Å². The molecular weight excluding hydrogens is 351 g/mol. The minimum Gasteiger partial charge on any atom is -0.293 e. The van der Waals surface area contributed by atoms with Crippen LogP contribution in [0.1, 0.15) is 17.4 Å². The van der Waals surface area contributed by atoms with E-state index in [1.165, 1.54) is 18.4 Å². The molecule has 5 nitrogen and oxygen atoms in total. The second kappa shape index (κ2) is 5.37. The number of Topliss-reactive ketones (excluding diaryl/α,β-unsaturated/α-hetero) is 1. The van der Waals surface area contributed by atoms with Crippen molar-refractivity contribution in [1.29, 1.82) is 0 Å². The van der Waals surface area contributed by atoms with E-state index in [-0.39, 0.29) is 30.2 Å². The van der Waals surface area contributed by atoms with Crippen LogP contribution in [0.5, 0.6) is 0 Å². The van der Waals surface area contributed by atoms with Gasteiger partial charge in [-0.1, -0.05) is 23.2 Å². The first-order chi connectivity index (χ1) is 8.79. The first-order valence-electron chi connectivity index (χ1n) is 4.73. The summed E-state index contributed by atoms with van der Waals surface area (Å²) in [5.41, 5.74) is 0.206. The Morgan fingerprint density at radius 3 is 2.58 bits per heavy atom. The molecule has 0 aromatic carbocycles. The monoisotopic (exact) mass is 356 g/mol. The number of thiazole rings is 1. The molecule has 0 aliphatic carbocycles. The first kappa shape index (κ1) is 14.7. The van der Waals surface area contributed by atoms with E-state index in [4.69, 9.17) is 23.2 Å². The van der Waals surface area contributed by atoms with Gasteiger partial charge in [0.05, 0.1) is 4.34 Å². The number of carbonyl (C=O) groups is 1. The van der Waals surface area contributed by atoms with Crippen molar-refractivity contribution in [3.05, 3.63) is 25.8 Å². The number of carbonyl (C=O) groups excluding carboxylic acids is 1. The second-order valence-electron chi connectivity index (χ2n) is 3.39. The van der Waals surface area contributed by atoms with Gasteiger partial charge in [0.25, 0.3) is 10.0 Å². The summed E-state index contributed by atoms with van der Waals surface area (Å²) in [4.78, 5) is 14.8. The number of thiophene rings is 1. The molecule has 0 radical (unpaired) electrons. The molecular formula is C9H6Cl2N2O3S3. The Morgan fingerprint density at radius 2 is 2.11 bits per heavy atom. The van der Waals surface area contributed by atoms with Crippen molar-refractivity contribution < 1.29 is 13.2 Å². The Kier molecular flexibility index (Phi) is 4.17. The molecule has 2 rings (SSSR count). The SMILES string of the molecule is CC(=O)c1csc(NS(=O)(=O)c2cc(Cl)sc2Cl)n1. The molecule has 102 valence electrons. The van der Waals surface area contributed by atoms with Gasteiger partial charge in [0.1, 0.15) is 14.9 Å². The van der Waals surface area contributed by atoms with Crippen molar-refractivity contribution in [2.75, 3.05) is 4.72 Å². The fraction of sp³-hybridized carbons (Fsp3) is 0.111. The fourth-order valence-corrected chi connectivity index (χ4v) is 5.31. The van der Waals surface area contributed by atoms with Crippen LogP contribution < -0.4 is 4.72 Å². The minimum atomic E-state index is -3.85. The summed E-state index contributed by atoms with van der Waals surface area (Å²) < 4.78 is 26.7.